The van der Waals surface area contributed by atoms with Crippen LogP contribution < -0.4 is 19.6 Å². The summed E-state index contributed by atoms with van der Waals surface area (Å²) < 4.78 is 17.7. The van der Waals surface area contributed by atoms with Crippen LogP contribution in [0.15, 0.2) is 76.3 Å². The zero-order chi connectivity index (χ0) is 22.8. The zero-order valence-corrected chi connectivity index (χ0v) is 19.6. The van der Waals surface area contributed by atoms with Crippen LogP contribution >= 0.6 is 15.9 Å². The fourth-order valence-corrected chi connectivity index (χ4v) is 3.16. The van der Waals surface area contributed by atoms with Crippen molar-refractivity contribution in [2.45, 2.75) is 20.0 Å². The van der Waals surface area contributed by atoms with E-state index in [0.717, 1.165) is 26.9 Å². The molecule has 3 rings (SSSR count). The Morgan fingerprint density at radius 1 is 0.969 bits per heavy atom. The van der Waals surface area contributed by atoms with Gasteiger partial charge in [0.2, 0.25) is 5.91 Å². The molecule has 0 radical (unpaired) electrons. The number of nitrogens with zero attached hydrogens (tertiary/aromatic N) is 1. The molecular formula is C25H25BrN2O4. The minimum Gasteiger partial charge on any atom is -0.494 e. The van der Waals surface area contributed by atoms with Gasteiger partial charge in [-0.3, -0.25) is 4.79 Å². The third-order valence-corrected chi connectivity index (χ3v) is 5.03. The lowest BCUT2D eigenvalue weighted by atomic mass is 10.1. The van der Waals surface area contributed by atoms with E-state index < -0.39 is 0 Å². The third-order valence-electron chi connectivity index (χ3n) is 4.50. The Hall–Kier alpha value is -3.32. The van der Waals surface area contributed by atoms with Crippen LogP contribution in [-0.4, -0.2) is 25.8 Å². The number of hydrogen-bond donors (Lipinski definition) is 1. The monoisotopic (exact) mass is 496 g/mol. The number of hydrogen-bond acceptors (Lipinski definition) is 5. The maximum absolute atomic E-state index is 12.1. The average Bonchev–Trinajstić information content (AvgIpc) is 2.80. The summed E-state index contributed by atoms with van der Waals surface area (Å²) in [6.45, 7) is 2.97. The van der Waals surface area contributed by atoms with Gasteiger partial charge in [-0.2, -0.15) is 5.10 Å². The van der Waals surface area contributed by atoms with E-state index in [1.807, 2.05) is 67.6 Å². The van der Waals surface area contributed by atoms with Gasteiger partial charge in [-0.05, 0) is 66.1 Å². The van der Waals surface area contributed by atoms with Gasteiger partial charge in [-0.1, -0.05) is 40.2 Å². The molecule has 0 saturated heterocycles. The van der Waals surface area contributed by atoms with Gasteiger partial charge in [-0.25, -0.2) is 5.43 Å². The number of hydrazone groups is 1. The van der Waals surface area contributed by atoms with E-state index in [1.54, 1.807) is 19.4 Å². The van der Waals surface area contributed by atoms with E-state index in [-0.39, 0.29) is 12.3 Å². The fourth-order valence-electron chi connectivity index (χ4n) is 2.90. The predicted molar refractivity (Wildman–Crippen MR) is 129 cm³/mol. The molecule has 0 saturated carbocycles. The summed E-state index contributed by atoms with van der Waals surface area (Å²) in [5, 5.41) is 4.04. The van der Waals surface area contributed by atoms with Gasteiger partial charge in [-0.15, -0.1) is 0 Å². The molecule has 1 amide bonds. The molecule has 0 aliphatic heterocycles. The molecule has 166 valence electrons. The van der Waals surface area contributed by atoms with E-state index >= 15 is 0 Å². The molecule has 0 fully saturated rings. The van der Waals surface area contributed by atoms with Gasteiger partial charge in [0.05, 0.1) is 26.4 Å². The summed E-state index contributed by atoms with van der Waals surface area (Å²) in [5.74, 6) is 1.80. The molecular weight excluding hydrogens is 472 g/mol. The van der Waals surface area contributed by atoms with Gasteiger partial charge in [0.15, 0.2) is 11.5 Å². The number of carbonyl (C=O) groups is 1. The van der Waals surface area contributed by atoms with Gasteiger partial charge in [0, 0.05) is 4.47 Å². The molecule has 0 atom stereocenters. The highest BCUT2D eigenvalue weighted by atomic mass is 79.9. The largest absolute Gasteiger partial charge is 0.494 e. The van der Waals surface area contributed by atoms with Crippen molar-refractivity contribution >= 4 is 28.1 Å². The number of amides is 1. The van der Waals surface area contributed by atoms with Crippen LogP contribution in [0.25, 0.3) is 0 Å². The number of nitrogens with one attached hydrogen (secondary N) is 1. The van der Waals surface area contributed by atoms with E-state index in [0.29, 0.717) is 24.7 Å². The Morgan fingerprint density at radius 3 is 2.38 bits per heavy atom. The molecule has 0 spiro atoms. The van der Waals surface area contributed by atoms with Crippen molar-refractivity contribution in [3.63, 3.8) is 0 Å². The molecule has 3 aromatic rings. The van der Waals surface area contributed by atoms with Gasteiger partial charge >= 0.3 is 0 Å². The Morgan fingerprint density at radius 2 is 1.69 bits per heavy atom. The number of carbonyl (C=O) groups excluding carboxylic acids is 1. The second-order valence-electron chi connectivity index (χ2n) is 6.87. The SMILES string of the molecule is CCOc1ccc(CC(=O)N/N=C/c2ccc(OCc3ccc(Br)cc3)c(OC)c2)cc1. The van der Waals surface area contributed by atoms with E-state index in [9.17, 15) is 4.79 Å². The molecule has 0 aliphatic carbocycles. The zero-order valence-electron chi connectivity index (χ0n) is 18.0. The van der Waals surface area contributed by atoms with Crippen molar-refractivity contribution in [3.8, 4) is 17.2 Å². The molecule has 3 aromatic carbocycles. The first kappa shape index (κ1) is 23.3. The van der Waals surface area contributed by atoms with Crippen LogP contribution in [0.1, 0.15) is 23.6 Å². The topological polar surface area (TPSA) is 69.2 Å². The number of benzene rings is 3. The highest BCUT2D eigenvalue weighted by molar-refractivity contribution is 9.10. The van der Waals surface area contributed by atoms with Crippen molar-refractivity contribution in [1.29, 1.82) is 0 Å². The molecule has 0 unspecified atom stereocenters. The molecule has 7 heteroatoms. The highest BCUT2D eigenvalue weighted by Gasteiger charge is 2.07. The van der Waals surface area contributed by atoms with Crippen LogP contribution in [0, 0.1) is 0 Å². The lowest BCUT2D eigenvalue weighted by molar-refractivity contribution is -0.120. The summed E-state index contributed by atoms with van der Waals surface area (Å²) in [6, 6.07) is 20.8. The van der Waals surface area contributed by atoms with Crippen LogP contribution in [0.4, 0.5) is 0 Å². The van der Waals surface area contributed by atoms with Crippen molar-refractivity contribution in [3.05, 3.63) is 87.9 Å². The molecule has 32 heavy (non-hydrogen) atoms. The van der Waals surface area contributed by atoms with Gasteiger partial charge < -0.3 is 14.2 Å². The van der Waals surface area contributed by atoms with E-state index in [2.05, 4.69) is 26.5 Å². The predicted octanol–water partition coefficient (Wildman–Crippen LogP) is 5.13. The lowest BCUT2D eigenvalue weighted by Crippen LogP contribution is -2.19. The molecule has 0 bridgehead atoms. The highest BCUT2D eigenvalue weighted by Crippen LogP contribution is 2.28. The van der Waals surface area contributed by atoms with Gasteiger partial charge in [0.25, 0.3) is 0 Å². The van der Waals surface area contributed by atoms with E-state index in [1.165, 1.54) is 0 Å². The number of methoxy groups -OCH3 is 1. The van der Waals surface area contributed by atoms with Crippen LogP contribution in [-0.2, 0) is 17.8 Å². The van der Waals surface area contributed by atoms with Crippen molar-refractivity contribution in [2.24, 2.45) is 5.10 Å². The Labute approximate surface area is 196 Å². The summed E-state index contributed by atoms with van der Waals surface area (Å²) >= 11 is 3.42. The first-order valence-electron chi connectivity index (χ1n) is 10.2. The molecule has 1 N–H and O–H groups in total. The summed E-state index contributed by atoms with van der Waals surface area (Å²) in [4.78, 5) is 12.1. The standard InChI is InChI=1S/C25H25BrN2O4/c1-3-31-22-11-6-18(7-12-22)15-25(29)28-27-16-20-8-13-23(24(14-20)30-2)32-17-19-4-9-21(26)10-5-19/h4-14,16H,3,15,17H2,1-2H3,(H,28,29)/b27-16+. The second kappa shape index (κ2) is 11.9. The van der Waals surface area contributed by atoms with Crippen LogP contribution in [0.3, 0.4) is 0 Å². The first-order valence-corrected chi connectivity index (χ1v) is 11.0. The van der Waals surface area contributed by atoms with Crippen molar-refractivity contribution in [1.82, 2.24) is 5.43 Å². The molecule has 0 aliphatic rings. The maximum Gasteiger partial charge on any atom is 0.244 e. The van der Waals surface area contributed by atoms with E-state index in [4.69, 9.17) is 14.2 Å². The average molecular weight is 497 g/mol. The third kappa shape index (κ3) is 7.13. The summed E-state index contributed by atoms with van der Waals surface area (Å²) in [6.07, 6.45) is 1.80. The van der Waals surface area contributed by atoms with Crippen LogP contribution in [0.5, 0.6) is 17.2 Å². The molecule has 0 heterocycles. The number of halogens is 1. The fraction of sp³-hybridized carbons (Fsp3) is 0.200. The Bertz CT molecular complexity index is 1050. The van der Waals surface area contributed by atoms with Crippen molar-refractivity contribution < 1.29 is 19.0 Å². The van der Waals surface area contributed by atoms with Gasteiger partial charge in [0.1, 0.15) is 12.4 Å². The van der Waals surface area contributed by atoms with Crippen molar-refractivity contribution in [2.75, 3.05) is 13.7 Å². The van der Waals surface area contributed by atoms with Crippen LogP contribution in [0.2, 0.25) is 0 Å². The first-order chi connectivity index (χ1) is 15.6. The normalized spacial score (nSPS) is 10.7. The number of rotatable bonds is 10. The minimum absolute atomic E-state index is 0.202. The molecule has 0 aromatic heterocycles. The minimum atomic E-state index is -0.202. The summed E-state index contributed by atoms with van der Waals surface area (Å²) in [5.41, 5.74) is 5.26. The smallest absolute Gasteiger partial charge is 0.244 e. The second-order valence-corrected chi connectivity index (χ2v) is 7.79. The summed E-state index contributed by atoms with van der Waals surface area (Å²) in [7, 11) is 1.58. The number of ether oxygens (including phenoxy) is 3. The lowest BCUT2D eigenvalue weighted by Gasteiger charge is -2.11. The Kier molecular flexibility index (Phi) is 8.69. The quantitative estimate of drug-likeness (QED) is 0.312. The molecule has 6 nitrogen and oxygen atoms in total. The maximum atomic E-state index is 12.1. The Balaban J connectivity index is 1.53.